The molecule has 4 atom stereocenters. The minimum absolute atomic E-state index is 0.0453. The summed E-state index contributed by atoms with van der Waals surface area (Å²) in [6, 6.07) is -0.443. The van der Waals surface area contributed by atoms with E-state index in [-0.39, 0.29) is 29.8 Å². The molecule has 4 unspecified atom stereocenters. The second-order valence-electron chi connectivity index (χ2n) is 5.59. The number of amides is 2. The molecular formula is C13H23N3O2. The molecule has 1 aliphatic carbocycles. The number of hydrogen-bond donors (Lipinski definition) is 3. The Kier molecular flexibility index (Phi) is 4.22. The van der Waals surface area contributed by atoms with Gasteiger partial charge in [-0.2, -0.15) is 0 Å². The Bertz CT molecular complexity index is 332. The van der Waals surface area contributed by atoms with E-state index < -0.39 is 0 Å². The minimum atomic E-state index is -0.365. The van der Waals surface area contributed by atoms with Crippen LogP contribution in [0.4, 0.5) is 0 Å². The molecule has 0 radical (unpaired) electrons. The maximum atomic E-state index is 12.2. The van der Waals surface area contributed by atoms with Gasteiger partial charge in [0.05, 0.1) is 5.92 Å². The van der Waals surface area contributed by atoms with Crippen molar-refractivity contribution in [1.82, 2.24) is 10.6 Å². The van der Waals surface area contributed by atoms with Crippen molar-refractivity contribution < 1.29 is 9.59 Å². The average molecular weight is 253 g/mol. The van der Waals surface area contributed by atoms with Gasteiger partial charge in [0.1, 0.15) is 6.04 Å². The summed E-state index contributed by atoms with van der Waals surface area (Å²) in [5.74, 6) is 0.140. The highest BCUT2D eigenvalue weighted by molar-refractivity contribution is 5.89. The zero-order chi connectivity index (χ0) is 13.1. The molecule has 5 nitrogen and oxygen atoms in total. The van der Waals surface area contributed by atoms with Crippen molar-refractivity contribution in [2.45, 2.75) is 51.1 Å². The Morgan fingerprint density at radius 2 is 2.11 bits per heavy atom. The molecule has 1 heterocycles. The molecule has 102 valence electrons. The van der Waals surface area contributed by atoms with Crippen LogP contribution in [0.3, 0.4) is 0 Å². The van der Waals surface area contributed by atoms with Gasteiger partial charge in [-0.1, -0.05) is 13.3 Å². The SMILES string of the molecule is CC1CCCC(C(=O)NC2CCCNC2=O)C1N. The molecule has 1 saturated carbocycles. The van der Waals surface area contributed by atoms with Crippen molar-refractivity contribution in [3.8, 4) is 0 Å². The van der Waals surface area contributed by atoms with Crippen LogP contribution in [-0.2, 0) is 9.59 Å². The maximum Gasteiger partial charge on any atom is 0.242 e. The summed E-state index contributed by atoms with van der Waals surface area (Å²) >= 11 is 0. The third-order valence-corrected chi connectivity index (χ3v) is 4.23. The van der Waals surface area contributed by atoms with Crippen LogP contribution in [0, 0.1) is 11.8 Å². The smallest absolute Gasteiger partial charge is 0.242 e. The monoisotopic (exact) mass is 253 g/mol. The lowest BCUT2D eigenvalue weighted by Crippen LogP contribution is -2.54. The summed E-state index contributed by atoms with van der Waals surface area (Å²) in [7, 11) is 0. The third kappa shape index (κ3) is 2.83. The number of rotatable bonds is 2. The van der Waals surface area contributed by atoms with Crippen molar-refractivity contribution in [3.63, 3.8) is 0 Å². The van der Waals surface area contributed by atoms with Gasteiger partial charge in [0, 0.05) is 12.6 Å². The maximum absolute atomic E-state index is 12.2. The first kappa shape index (κ1) is 13.3. The molecule has 2 aliphatic rings. The summed E-state index contributed by atoms with van der Waals surface area (Å²) in [6.07, 6.45) is 4.63. The molecule has 0 aromatic heterocycles. The molecule has 18 heavy (non-hydrogen) atoms. The lowest BCUT2D eigenvalue weighted by Gasteiger charge is -2.34. The Balaban J connectivity index is 1.92. The molecule has 0 bridgehead atoms. The first-order chi connectivity index (χ1) is 8.59. The van der Waals surface area contributed by atoms with Crippen molar-refractivity contribution in [2.75, 3.05) is 6.54 Å². The molecule has 2 fully saturated rings. The zero-order valence-corrected chi connectivity index (χ0v) is 10.9. The van der Waals surface area contributed by atoms with E-state index in [4.69, 9.17) is 5.73 Å². The minimum Gasteiger partial charge on any atom is -0.354 e. The Morgan fingerprint density at radius 3 is 2.83 bits per heavy atom. The molecule has 2 rings (SSSR count). The van der Waals surface area contributed by atoms with E-state index in [9.17, 15) is 9.59 Å². The van der Waals surface area contributed by atoms with Crippen LogP contribution < -0.4 is 16.4 Å². The second kappa shape index (κ2) is 5.69. The summed E-state index contributed by atoms with van der Waals surface area (Å²) in [5.41, 5.74) is 6.10. The first-order valence-corrected chi connectivity index (χ1v) is 6.93. The first-order valence-electron chi connectivity index (χ1n) is 6.93. The molecule has 0 aromatic rings. The van der Waals surface area contributed by atoms with Gasteiger partial charge in [0.15, 0.2) is 0 Å². The third-order valence-electron chi connectivity index (χ3n) is 4.23. The van der Waals surface area contributed by atoms with Crippen LogP contribution in [0.2, 0.25) is 0 Å². The topological polar surface area (TPSA) is 84.2 Å². The van der Waals surface area contributed by atoms with E-state index in [0.29, 0.717) is 12.5 Å². The van der Waals surface area contributed by atoms with Gasteiger partial charge < -0.3 is 16.4 Å². The standard InChI is InChI=1S/C13H23N3O2/c1-8-4-2-5-9(11(8)14)12(17)16-10-6-3-7-15-13(10)18/h8-11H,2-7,14H2,1H3,(H,15,18)(H,16,17). The summed E-state index contributed by atoms with van der Waals surface area (Å²) in [5, 5.41) is 5.63. The fourth-order valence-corrected chi connectivity index (χ4v) is 2.94. The van der Waals surface area contributed by atoms with E-state index in [1.165, 1.54) is 0 Å². The van der Waals surface area contributed by atoms with E-state index >= 15 is 0 Å². The van der Waals surface area contributed by atoms with Crippen molar-refractivity contribution in [1.29, 1.82) is 0 Å². The predicted octanol–water partition coefficient (Wildman–Crippen LogP) is 0.145. The average Bonchev–Trinajstić information content (AvgIpc) is 2.35. The zero-order valence-electron chi connectivity index (χ0n) is 10.9. The molecule has 2 amide bonds. The highest BCUT2D eigenvalue weighted by Crippen LogP contribution is 2.28. The molecular weight excluding hydrogens is 230 g/mol. The van der Waals surface area contributed by atoms with Gasteiger partial charge in [0.25, 0.3) is 0 Å². The molecule has 0 spiro atoms. The van der Waals surface area contributed by atoms with Gasteiger partial charge in [-0.05, 0) is 31.6 Å². The summed E-state index contributed by atoms with van der Waals surface area (Å²) in [4.78, 5) is 23.8. The fraction of sp³-hybridized carbons (Fsp3) is 0.846. The Hall–Kier alpha value is -1.10. The molecule has 5 heteroatoms. The fourth-order valence-electron chi connectivity index (χ4n) is 2.94. The number of nitrogens with one attached hydrogen (secondary N) is 2. The van der Waals surface area contributed by atoms with Crippen LogP contribution in [0.1, 0.15) is 39.0 Å². The Labute approximate surface area is 108 Å². The van der Waals surface area contributed by atoms with Crippen molar-refractivity contribution in [3.05, 3.63) is 0 Å². The second-order valence-corrected chi connectivity index (χ2v) is 5.59. The van der Waals surface area contributed by atoms with E-state index in [1.807, 2.05) is 0 Å². The van der Waals surface area contributed by atoms with Crippen LogP contribution in [0.5, 0.6) is 0 Å². The van der Waals surface area contributed by atoms with E-state index in [0.717, 1.165) is 32.1 Å². The summed E-state index contributed by atoms with van der Waals surface area (Å²) < 4.78 is 0. The summed E-state index contributed by atoms with van der Waals surface area (Å²) in [6.45, 7) is 2.81. The van der Waals surface area contributed by atoms with Crippen LogP contribution in [0.25, 0.3) is 0 Å². The van der Waals surface area contributed by atoms with Gasteiger partial charge in [-0.15, -0.1) is 0 Å². The molecule has 1 aliphatic heterocycles. The quantitative estimate of drug-likeness (QED) is 0.654. The number of piperidine rings is 1. The number of carbonyl (C=O) groups excluding carboxylic acids is 2. The normalized spacial score (nSPS) is 36.9. The van der Waals surface area contributed by atoms with Crippen LogP contribution >= 0.6 is 0 Å². The van der Waals surface area contributed by atoms with Crippen LogP contribution in [0.15, 0.2) is 0 Å². The molecule has 0 aromatic carbocycles. The van der Waals surface area contributed by atoms with Gasteiger partial charge in [-0.25, -0.2) is 0 Å². The van der Waals surface area contributed by atoms with Gasteiger partial charge in [0.2, 0.25) is 11.8 Å². The predicted molar refractivity (Wildman–Crippen MR) is 68.7 cm³/mol. The molecule has 4 N–H and O–H groups in total. The van der Waals surface area contributed by atoms with Gasteiger partial charge in [-0.3, -0.25) is 9.59 Å². The van der Waals surface area contributed by atoms with Gasteiger partial charge >= 0.3 is 0 Å². The highest BCUT2D eigenvalue weighted by Gasteiger charge is 2.34. The number of nitrogens with two attached hydrogens (primary N) is 1. The molecule has 1 saturated heterocycles. The number of carbonyl (C=O) groups is 2. The Morgan fingerprint density at radius 1 is 1.33 bits per heavy atom. The van der Waals surface area contributed by atoms with E-state index in [2.05, 4.69) is 17.6 Å². The lowest BCUT2D eigenvalue weighted by atomic mass is 9.77. The number of hydrogen-bond acceptors (Lipinski definition) is 3. The lowest BCUT2D eigenvalue weighted by molar-refractivity contribution is -0.133. The largest absolute Gasteiger partial charge is 0.354 e. The highest BCUT2D eigenvalue weighted by atomic mass is 16.2. The van der Waals surface area contributed by atoms with Crippen molar-refractivity contribution in [2.24, 2.45) is 17.6 Å². The van der Waals surface area contributed by atoms with Crippen molar-refractivity contribution >= 4 is 11.8 Å². The van der Waals surface area contributed by atoms with Crippen LogP contribution in [-0.4, -0.2) is 30.4 Å². The van der Waals surface area contributed by atoms with E-state index in [1.54, 1.807) is 0 Å².